The van der Waals surface area contributed by atoms with E-state index < -0.39 is 18.3 Å². The first-order valence-electron chi connectivity index (χ1n) is 21.3. The van der Waals surface area contributed by atoms with Crippen LogP contribution in [0.5, 0.6) is 0 Å². The fraction of sp³-hybridized carbons (Fsp3) is 0.400. The van der Waals surface area contributed by atoms with Crippen LogP contribution >= 0.6 is 24.8 Å². The van der Waals surface area contributed by atoms with Crippen LogP contribution in [-0.4, -0.2) is 4.21 Å². The topological polar surface area (TPSA) is 0 Å². The van der Waals surface area contributed by atoms with Crippen molar-refractivity contribution in [1.82, 2.24) is 0 Å². The average Bonchev–Trinajstić information content (AvgIpc) is 3.67. The summed E-state index contributed by atoms with van der Waals surface area (Å²) >= 11 is -4.95. The fourth-order valence-electron chi connectivity index (χ4n) is 11.7. The Morgan fingerprint density at radius 2 is 1.09 bits per heavy atom. The van der Waals surface area contributed by atoms with Crippen molar-refractivity contribution in [3.8, 4) is 11.1 Å². The van der Waals surface area contributed by atoms with Gasteiger partial charge in [0.05, 0.1) is 0 Å². The van der Waals surface area contributed by atoms with Gasteiger partial charge in [0.1, 0.15) is 0 Å². The van der Waals surface area contributed by atoms with Gasteiger partial charge in [-0.1, -0.05) is 0 Å². The van der Waals surface area contributed by atoms with Crippen LogP contribution in [0.4, 0.5) is 0 Å². The summed E-state index contributed by atoms with van der Waals surface area (Å²) in [6.45, 7) is 33.4. The summed E-state index contributed by atoms with van der Waals surface area (Å²) < 4.78 is 10.7. The van der Waals surface area contributed by atoms with Crippen molar-refractivity contribution in [1.29, 1.82) is 0 Å². The number of hydrogen-bond acceptors (Lipinski definition) is 0. The van der Waals surface area contributed by atoms with Gasteiger partial charge in [0.2, 0.25) is 0 Å². The van der Waals surface area contributed by atoms with Gasteiger partial charge in [-0.05, 0) is 0 Å². The first-order valence-corrected chi connectivity index (χ1v) is 28.2. The Hall–Kier alpha value is -2.83. The number of rotatable bonds is 4. The minimum absolute atomic E-state index is 0. The summed E-state index contributed by atoms with van der Waals surface area (Å²) in [6, 6.07) is 30.1. The van der Waals surface area contributed by atoms with E-state index in [1.807, 2.05) is 0 Å². The van der Waals surface area contributed by atoms with E-state index in [0.29, 0.717) is 5.92 Å². The van der Waals surface area contributed by atoms with Gasteiger partial charge in [0.15, 0.2) is 0 Å². The molecule has 2 unspecified atom stereocenters. The standard InChI is InChI=1S/C27H29.2C10H13.C7H9.CH2.2ClH.Zr/c1-16-7-9-26(3,4)24-12-18-11-19-13-25-21(17(2)8-10-27(25,5)6)15-23(19)22(18)14-20(16)24;2*1-10(2,3)9-7-5-4-6-8-9;1-6-3-4-7(2)5-6;;;;/h7-9,12-15H,10-11H2,1-6H3;2*5-8H,1-3H3;3,5,7H,1-2H3;1H2;2*1H;. The Labute approximate surface area is 364 Å². The van der Waals surface area contributed by atoms with Gasteiger partial charge in [-0.3, -0.25) is 0 Å². The van der Waals surface area contributed by atoms with Crippen LogP contribution in [0.2, 0.25) is 3.63 Å². The summed E-state index contributed by atoms with van der Waals surface area (Å²) in [5.74, 6) is 0.316. The SMILES string of the molecule is Cl.Cl.[CH2]=[Zr]([C]1=CC(C)=CC1C)([c]1ccc(C(C)(C)C)cc1)([c]1ccc(C(C)(C)C)cc1)[CH]1C=C(C)c2cc3c(cc2C1(C)C)Cc1cc2c(cc1-3)C(C)=CCC2(C)C. The Balaban J connectivity index is 0.00000283. The van der Waals surface area contributed by atoms with E-state index in [4.69, 9.17) is 4.21 Å². The van der Waals surface area contributed by atoms with Gasteiger partial charge in [-0.2, -0.15) is 0 Å². The summed E-state index contributed by atoms with van der Waals surface area (Å²) in [4.78, 5) is 0. The van der Waals surface area contributed by atoms with Crippen molar-refractivity contribution < 1.29 is 18.3 Å². The molecular weight excluding hydrogens is 823 g/mol. The molecular formula is C55H68Cl2Zr. The average molecular weight is 891 g/mol. The third kappa shape index (κ3) is 6.50. The second-order valence-electron chi connectivity index (χ2n) is 21.8. The molecule has 0 aromatic heterocycles. The molecule has 0 heterocycles. The molecule has 3 heteroatoms. The van der Waals surface area contributed by atoms with Gasteiger partial charge >= 0.3 is 343 Å². The molecule has 0 aliphatic heterocycles. The van der Waals surface area contributed by atoms with Crippen LogP contribution in [0.25, 0.3) is 22.3 Å². The summed E-state index contributed by atoms with van der Waals surface area (Å²) in [5.41, 5.74) is 18.8. The molecule has 0 bridgehead atoms. The van der Waals surface area contributed by atoms with Crippen molar-refractivity contribution in [3.05, 3.63) is 150 Å². The number of benzene rings is 4. The van der Waals surface area contributed by atoms with Crippen molar-refractivity contribution in [2.45, 2.75) is 135 Å². The maximum absolute atomic E-state index is 5.95. The van der Waals surface area contributed by atoms with E-state index in [1.165, 1.54) is 78.9 Å². The number of fused-ring (bicyclic) bond motifs is 5. The quantitative estimate of drug-likeness (QED) is 0.169. The minimum atomic E-state index is -4.95. The van der Waals surface area contributed by atoms with Gasteiger partial charge in [0.25, 0.3) is 0 Å². The molecule has 0 radical (unpaired) electrons. The second-order valence-corrected chi connectivity index (χ2v) is 35.2. The van der Waals surface area contributed by atoms with Crippen LogP contribution in [0.1, 0.15) is 148 Å². The van der Waals surface area contributed by atoms with E-state index in [-0.39, 0.29) is 50.1 Å². The molecule has 8 rings (SSSR count). The molecule has 58 heavy (non-hydrogen) atoms. The molecule has 0 fully saturated rings. The van der Waals surface area contributed by atoms with Gasteiger partial charge in [-0.25, -0.2) is 0 Å². The van der Waals surface area contributed by atoms with Crippen LogP contribution < -0.4 is 6.54 Å². The molecule has 4 aromatic carbocycles. The molecule has 2 atom stereocenters. The van der Waals surface area contributed by atoms with Crippen molar-refractivity contribution in [2.75, 3.05) is 0 Å². The third-order valence-corrected chi connectivity index (χ3v) is 33.5. The fourth-order valence-corrected chi connectivity index (χ4v) is 31.3. The predicted octanol–water partition coefficient (Wildman–Crippen LogP) is 14.5. The first-order chi connectivity index (χ1) is 26.0. The molecule has 0 saturated heterocycles. The van der Waals surface area contributed by atoms with Gasteiger partial charge in [0, 0.05) is 0 Å². The van der Waals surface area contributed by atoms with E-state index in [9.17, 15) is 0 Å². The molecule has 0 nitrogen and oxygen atoms in total. The molecule has 0 spiro atoms. The Morgan fingerprint density at radius 1 is 0.621 bits per heavy atom. The van der Waals surface area contributed by atoms with Crippen molar-refractivity contribution in [3.63, 3.8) is 0 Å². The predicted molar refractivity (Wildman–Crippen MR) is 259 cm³/mol. The van der Waals surface area contributed by atoms with Crippen molar-refractivity contribution >= 4 is 46.7 Å². The van der Waals surface area contributed by atoms with E-state index in [0.717, 1.165) is 12.8 Å². The monoisotopic (exact) mass is 888 g/mol. The first kappa shape index (κ1) is 44.7. The molecule has 4 aliphatic rings. The Morgan fingerprint density at radius 3 is 1.53 bits per heavy atom. The van der Waals surface area contributed by atoms with Gasteiger partial charge in [-0.15, -0.1) is 24.8 Å². The van der Waals surface area contributed by atoms with Crippen LogP contribution in [0.15, 0.2) is 106 Å². The Bertz CT molecular complexity index is 2450. The summed E-state index contributed by atoms with van der Waals surface area (Å²) in [7, 11) is 0. The second kappa shape index (κ2) is 14.4. The van der Waals surface area contributed by atoms with Crippen LogP contribution in [0, 0.1) is 5.92 Å². The molecule has 0 amide bonds. The van der Waals surface area contributed by atoms with Crippen LogP contribution in [0.3, 0.4) is 0 Å². The zero-order chi connectivity index (χ0) is 40.6. The molecule has 0 N–H and O–H groups in total. The van der Waals surface area contributed by atoms with E-state index in [2.05, 4.69) is 194 Å². The van der Waals surface area contributed by atoms with Crippen molar-refractivity contribution in [2.24, 2.45) is 5.92 Å². The number of halogens is 2. The number of allylic oxidation sites excluding steroid dienone is 8. The zero-order valence-electron chi connectivity index (χ0n) is 37.8. The molecule has 4 aliphatic carbocycles. The zero-order valence-corrected chi connectivity index (χ0v) is 41.9. The molecule has 4 aromatic rings. The summed E-state index contributed by atoms with van der Waals surface area (Å²) in [6.07, 6.45) is 12.4. The molecule has 306 valence electrons. The summed E-state index contributed by atoms with van der Waals surface area (Å²) in [5, 5.41) is 0. The van der Waals surface area contributed by atoms with E-state index >= 15 is 0 Å². The maximum atomic E-state index is 5.95. The van der Waals surface area contributed by atoms with E-state index in [1.54, 1.807) is 3.28 Å². The van der Waals surface area contributed by atoms with Gasteiger partial charge < -0.3 is 0 Å². The third-order valence-electron chi connectivity index (χ3n) is 15.1. The van der Waals surface area contributed by atoms with Crippen LogP contribution in [-0.2, 0) is 46.4 Å². The number of hydrogen-bond donors (Lipinski definition) is 0. The molecule has 0 saturated carbocycles. The normalized spacial score (nSPS) is 20.5. The Kier molecular flexibility index (Phi) is 11.1.